The summed E-state index contributed by atoms with van der Waals surface area (Å²) in [5.41, 5.74) is 7.18. The van der Waals surface area contributed by atoms with Crippen LogP contribution >= 0.6 is 11.3 Å². The summed E-state index contributed by atoms with van der Waals surface area (Å²) in [4.78, 5) is 19.8. The number of pyridine rings is 1. The summed E-state index contributed by atoms with van der Waals surface area (Å²) in [5, 5.41) is 5.12. The standard InChI is InChI=1S/C12H14N4OS/c13-12-16-10(8-18-12)7-11(17)15-6-4-9-3-1-2-5-14-9/h1-3,5,8H,4,6-7H2,(H2,13,16)(H,15,17). The Labute approximate surface area is 109 Å². The van der Waals surface area contributed by atoms with E-state index >= 15 is 0 Å². The molecular formula is C12H14N4OS. The molecule has 0 radical (unpaired) electrons. The minimum Gasteiger partial charge on any atom is -0.375 e. The fourth-order valence-electron chi connectivity index (χ4n) is 1.51. The maximum atomic E-state index is 11.6. The Morgan fingerprint density at radius 2 is 2.28 bits per heavy atom. The zero-order valence-electron chi connectivity index (χ0n) is 9.80. The fourth-order valence-corrected chi connectivity index (χ4v) is 2.07. The van der Waals surface area contributed by atoms with E-state index in [9.17, 15) is 4.79 Å². The Kier molecular flexibility index (Phi) is 4.25. The van der Waals surface area contributed by atoms with Gasteiger partial charge in [-0.15, -0.1) is 11.3 Å². The van der Waals surface area contributed by atoms with E-state index < -0.39 is 0 Å². The first-order chi connectivity index (χ1) is 8.74. The van der Waals surface area contributed by atoms with Gasteiger partial charge < -0.3 is 11.1 Å². The van der Waals surface area contributed by atoms with Crippen LogP contribution in [-0.2, 0) is 17.6 Å². The van der Waals surface area contributed by atoms with Crippen molar-refractivity contribution in [1.82, 2.24) is 15.3 Å². The molecule has 0 spiro atoms. The smallest absolute Gasteiger partial charge is 0.226 e. The first-order valence-electron chi connectivity index (χ1n) is 5.60. The molecular weight excluding hydrogens is 248 g/mol. The summed E-state index contributed by atoms with van der Waals surface area (Å²) in [6, 6.07) is 5.74. The van der Waals surface area contributed by atoms with Gasteiger partial charge in [0.2, 0.25) is 5.91 Å². The predicted molar refractivity (Wildman–Crippen MR) is 71.2 cm³/mol. The van der Waals surface area contributed by atoms with Crippen LogP contribution in [0.25, 0.3) is 0 Å². The van der Waals surface area contributed by atoms with Crippen molar-refractivity contribution in [3.63, 3.8) is 0 Å². The summed E-state index contributed by atoms with van der Waals surface area (Å²) >= 11 is 1.34. The number of carbonyl (C=O) groups is 1. The Morgan fingerprint density at radius 1 is 1.39 bits per heavy atom. The maximum Gasteiger partial charge on any atom is 0.226 e. The third-order valence-corrected chi connectivity index (χ3v) is 3.06. The Bertz CT molecular complexity index is 512. The summed E-state index contributed by atoms with van der Waals surface area (Å²) < 4.78 is 0. The van der Waals surface area contributed by atoms with Crippen molar-refractivity contribution in [3.8, 4) is 0 Å². The van der Waals surface area contributed by atoms with Crippen molar-refractivity contribution in [1.29, 1.82) is 0 Å². The zero-order valence-corrected chi connectivity index (χ0v) is 10.6. The molecule has 0 aliphatic heterocycles. The van der Waals surface area contributed by atoms with Gasteiger partial charge in [0, 0.05) is 30.2 Å². The molecule has 0 aliphatic carbocycles. The molecule has 18 heavy (non-hydrogen) atoms. The number of nitrogens with two attached hydrogens (primary N) is 1. The van der Waals surface area contributed by atoms with E-state index in [1.165, 1.54) is 11.3 Å². The molecule has 0 saturated carbocycles. The molecule has 0 aliphatic rings. The van der Waals surface area contributed by atoms with Gasteiger partial charge in [-0.2, -0.15) is 0 Å². The molecule has 0 aromatic carbocycles. The van der Waals surface area contributed by atoms with Crippen molar-refractivity contribution < 1.29 is 4.79 Å². The van der Waals surface area contributed by atoms with E-state index in [0.717, 1.165) is 12.1 Å². The molecule has 0 fully saturated rings. The topological polar surface area (TPSA) is 80.9 Å². The number of rotatable bonds is 5. The zero-order chi connectivity index (χ0) is 12.8. The summed E-state index contributed by atoms with van der Waals surface area (Å²) in [6.45, 7) is 0.579. The first kappa shape index (κ1) is 12.5. The molecule has 0 bridgehead atoms. The largest absolute Gasteiger partial charge is 0.375 e. The molecule has 1 amide bonds. The van der Waals surface area contributed by atoms with Crippen molar-refractivity contribution >= 4 is 22.4 Å². The minimum atomic E-state index is -0.0452. The molecule has 0 saturated heterocycles. The number of hydrogen-bond acceptors (Lipinski definition) is 5. The van der Waals surface area contributed by atoms with Gasteiger partial charge in [0.1, 0.15) is 0 Å². The van der Waals surface area contributed by atoms with Crippen molar-refractivity contribution in [2.75, 3.05) is 12.3 Å². The van der Waals surface area contributed by atoms with Crippen LogP contribution in [0.1, 0.15) is 11.4 Å². The van der Waals surface area contributed by atoms with Crippen LogP contribution in [0.2, 0.25) is 0 Å². The molecule has 2 aromatic rings. The molecule has 5 nitrogen and oxygen atoms in total. The van der Waals surface area contributed by atoms with Crippen molar-refractivity contribution in [2.24, 2.45) is 0 Å². The molecule has 2 rings (SSSR count). The van der Waals surface area contributed by atoms with E-state index in [4.69, 9.17) is 5.73 Å². The van der Waals surface area contributed by atoms with Crippen LogP contribution in [0.4, 0.5) is 5.13 Å². The highest BCUT2D eigenvalue weighted by atomic mass is 32.1. The molecule has 6 heteroatoms. The molecule has 2 aromatic heterocycles. The van der Waals surface area contributed by atoms with Gasteiger partial charge in [-0.1, -0.05) is 6.07 Å². The number of aromatic nitrogens is 2. The molecule has 0 atom stereocenters. The highest BCUT2D eigenvalue weighted by molar-refractivity contribution is 7.13. The maximum absolute atomic E-state index is 11.6. The van der Waals surface area contributed by atoms with Gasteiger partial charge in [0.25, 0.3) is 0 Å². The lowest BCUT2D eigenvalue weighted by Crippen LogP contribution is -2.27. The van der Waals surface area contributed by atoms with E-state index in [1.54, 1.807) is 11.6 Å². The molecule has 2 heterocycles. The van der Waals surface area contributed by atoms with Crippen LogP contribution in [0.5, 0.6) is 0 Å². The Morgan fingerprint density at radius 3 is 2.94 bits per heavy atom. The summed E-state index contributed by atoms with van der Waals surface area (Å²) in [7, 11) is 0. The highest BCUT2D eigenvalue weighted by Gasteiger charge is 2.06. The lowest BCUT2D eigenvalue weighted by atomic mass is 10.2. The number of thiazole rings is 1. The number of nitrogens with zero attached hydrogens (tertiary/aromatic N) is 2. The second kappa shape index (κ2) is 6.11. The van der Waals surface area contributed by atoms with Crippen molar-refractivity contribution in [3.05, 3.63) is 41.2 Å². The molecule has 3 N–H and O–H groups in total. The average Bonchev–Trinajstić information content (AvgIpc) is 2.76. The van der Waals surface area contributed by atoms with Gasteiger partial charge in [-0.3, -0.25) is 9.78 Å². The number of amides is 1. The second-order valence-electron chi connectivity index (χ2n) is 3.77. The summed E-state index contributed by atoms with van der Waals surface area (Å²) in [5.74, 6) is -0.0452. The number of nitrogens with one attached hydrogen (secondary N) is 1. The van der Waals surface area contributed by atoms with E-state index in [2.05, 4.69) is 15.3 Å². The van der Waals surface area contributed by atoms with Crippen LogP contribution < -0.4 is 11.1 Å². The van der Waals surface area contributed by atoms with Gasteiger partial charge in [-0.05, 0) is 12.1 Å². The monoisotopic (exact) mass is 262 g/mol. The predicted octanol–water partition coefficient (Wildman–Crippen LogP) is 1.02. The number of nitrogen functional groups attached to an aromatic ring is 1. The first-order valence-corrected chi connectivity index (χ1v) is 6.48. The minimum absolute atomic E-state index is 0.0452. The lowest BCUT2D eigenvalue weighted by molar-refractivity contribution is -0.120. The third-order valence-electron chi connectivity index (χ3n) is 2.34. The SMILES string of the molecule is Nc1nc(CC(=O)NCCc2ccccn2)cs1. The second-order valence-corrected chi connectivity index (χ2v) is 4.66. The van der Waals surface area contributed by atoms with Crippen LogP contribution in [-0.4, -0.2) is 22.4 Å². The van der Waals surface area contributed by atoms with Gasteiger partial charge in [-0.25, -0.2) is 4.98 Å². The van der Waals surface area contributed by atoms with Gasteiger partial charge in [0.05, 0.1) is 12.1 Å². The lowest BCUT2D eigenvalue weighted by Gasteiger charge is -2.03. The summed E-state index contributed by atoms with van der Waals surface area (Å²) in [6.07, 6.45) is 2.75. The van der Waals surface area contributed by atoms with E-state index in [1.807, 2.05) is 18.2 Å². The highest BCUT2D eigenvalue weighted by Crippen LogP contribution is 2.11. The number of anilines is 1. The normalized spacial score (nSPS) is 10.2. The van der Waals surface area contributed by atoms with Crippen LogP contribution in [0, 0.1) is 0 Å². The Hall–Kier alpha value is -1.95. The Balaban J connectivity index is 1.72. The van der Waals surface area contributed by atoms with E-state index in [-0.39, 0.29) is 12.3 Å². The number of hydrogen-bond donors (Lipinski definition) is 2. The van der Waals surface area contributed by atoms with Gasteiger partial charge in [0.15, 0.2) is 5.13 Å². The third kappa shape index (κ3) is 3.81. The molecule has 0 unspecified atom stereocenters. The van der Waals surface area contributed by atoms with Crippen molar-refractivity contribution in [2.45, 2.75) is 12.8 Å². The fraction of sp³-hybridized carbons (Fsp3) is 0.250. The van der Waals surface area contributed by atoms with E-state index in [0.29, 0.717) is 17.4 Å². The average molecular weight is 262 g/mol. The molecule has 94 valence electrons. The number of carbonyl (C=O) groups excluding carboxylic acids is 1. The quantitative estimate of drug-likeness (QED) is 0.843. The van der Waals surface area contributed by atoms with Crippen LogP contribution in [0.15, 0.2) is 29.8 Å². The van der Waals surface area contributed by atoms with Gasteiger partial charge >= 0.3 is 0 Å². The van der Waals surface area contributed by atoms with Crippen LogP contribution in [0.3, 0.4) is 0 Å².